The van der Waals surface area contributed by atoms with E-state index in [2.05, 4.69) is 5.32 Å². The van der Waals surface area contributed by atoms with Gasteiger partial charge in [-0.05, 0) is 80.5 Å². The molecule has 40 heavy (non-hydrogen) atoms. The predicted octanol–water partition coefficient (Wildman–Crippen LogP) is 4.96. The molecule has 0 radical (unpaired) electrons. The highest BCUT2D eigenvalue weighted by atomic mass is 19.1. The molecule has 1 fully saturated rings. The molecule has 0 aliphatic heterocycles. The summed E-state index contributed by atoms with van der Waals surface area (Å²) >= 11 is 0. The summed E-state index contributed by atoms with van der Waals surface area (Å²) in [7, 11) is 0. The Labute approximate surface area is 232 Å². The summed E-state index contributed by atoms with van der Waals surface area (Å²) < 4.78 is 34.4. The number of rotatable bonds is 11. The molecule has 1 aliphatic carbocycles. The second-order valence-electron chi connectivity index (χ2n) is 10.3. The molecular formula is C31H35F2N3O4. The van der Waals surface area contributed by atoms with Gasteiger partial charge in [0.05, 0.1) is 16.8 Å². The van der Waals surface area contributed by atoms with Crippen molar-refractivity contribution in [2.24, 2.45) is 5.92 Å². The van der Waals surface area contributed by atoms with Gasteiger partial charge in [0.1, 0.15) is 29.6 Å². The van der Waals surface area contributed by atoms with Crippen molar-refractivity contribution in [3.8, 4) is 5.69 Å². The zero-order valence-corrected chi connectivity index (χ0v) is 22.8. The first-order chi connectivity index (χ1) is 19.2. The molecule has 0 amide bonds. The quantitative estimate of drug-likeness (QED) is 0.258. The number of carbonyl (C=O) groups is 2. The van der Waals surface area contributed by atoms with E-state index in [-0.39, 0.29) is 41.0 Å². The summed E-state index contributed by atoms with van der Waals surface area (Å²) in [6.45, 7) is 4.64. The Morgan fingerprint density at radius 2 is 1.73 bits per heavy atom. The van der Waals surface area contributed by atoms with E-state index in [9.17, 15) is 23.2 Å². The van der Waals surface area contributed by atoms with Crippen LogP contribution in [0.2, 0.25) is 0 Å². The lowest BCUT2D eigenvalue weighted by Gasteiger charge is -2.24. The zero-order chi connectivity index (χ0) is 28.8. The predicted molar refractivity (Wildman–Crippen MR) is 150 cm³/mol. The van der Waals surface area contributed by atoms with Crippen LogP contribution in [0.3, 0.4) is 0 Å². The van der Waals surface area contributed by atoms with Crippen LogP contribution in [0.25, 0.3) is 5.69 Å². The topological polar surface area (TPSA) is 103 Å². The number of pyridine rings is 1. The first-order valence-electron chi connectivity index (χ1n) is 13.7. The Balaban J connectivity index is 1.45. The van der Waals surface area contributed by atoms with Crippen LogP contribution < -0.4 is 16.6 Å². The van der Waals surface area contributed by atoms with Crippen LogP contribution in [-0.2, 0) is 16.0 Å². The van der Waals surface area contributed by atoms with Crippen molar-refractivity contribution in [1.29, 1.82) is 0 Å². The second-order valence-corrected chi connectivity index (χ2v) is 10.3. The minimum atomic E-state index is -1.01. The normalized spacial score (nSPS) is 15.1. The molecule has 3 N–H and O–H groups in total. The number of hydrogen-bond donors (Lipinski definition) is 2. The molecular weight excluding hydrogens is 516 g/mol. The number of hydrogen-bond acceptors (Lipinski definition) is 6. The van der Waals surface area contributed by atoms with Gasteiger partial charge in [0.2, 0.25) is 0 Å². The number of carbonyl (C=O) groups excluding carboxylic acids is 2. The highest BCUT2D eigenvalue weighted by molar-refractivity contribution is 6.11. The van der Waals surface area contributed by atoms with Crippen molar-refractivity contribution in [2.75, 3.05) is 12.3 Å². The summed E-state index contributed by atoms with van der Waals surface area (Å²) in [5.74, 6) is -2.78. The van der Waals surface area contributed by atoms with E-state index >= 15 is 0 Å². The molecule has 1 aromatic heterocycles. The van der Waals surface area contributed by atoms with Gasteiger partial charge in [0.15, 0.2) is 5.78 Å². The molecule has 1 saturated carbocycles. The van der Waals surface area contributed by atoms with Gasteiger partial charge >= 0.3 is 5.97 Å². The van der Waals surface area contributed by atoms with Crippen LogP contribution in [0, 0.1) is 17.6 Å². The molecule has 1 aliphatic rings. The molecule has 212 valence electrons. The average Bonchev–Trinajstić information content (AvgIpc) is 3.44. The number of nitrogens with zero attached hydrogens (tertiary/aromatic N) is 1. The van der Waals surface area contributed by atoms with Crippen molar-refractivity contribution < 1.29 is 23.1 Å². The van der Waals surface area contributed by atoms with Crippen LogP contribution in [0.1, 0.15) is 67.4 Å². The molecule has 9 heteroatoms. The molecule has 4 rings (SSSR count). The summed E-state index contributed by atoms with van der Waals surface area (Å²) in [5.41, 5.74) is 6.74. The third-order valence-corrected chi connectivity index (χ3v) is 7.57. The lowest BCUT2D eigenvalue weighted by molar-refractivity contribution is -0.152. The molecule has 0 bridgehead atoms. The lowest BCUT2D eigenvalue weighted by Crippen LogP contribution is -2.44. The van der Waals surface area contributed by atoms with E-state index in [1.165, 1.54) is 16.7 Å². The lowest BCUT2D eigenvalue weighted by atomic mass is 9.99. The van der Waals surface area contributed by atoms with Gasteiger partial charge < -0.3 is 15.8 Å². The Hall–Kier alpha value is -3.85. The minimum Gasteiger partial charge on any atom is -0.461 e. The largest absolute Gasteiger partial charge is 0.461 e. The number of aromatic nitrogens is 1. The van der Waals surface area contributed by atoms with E-state index in [0.29, 0.717) is 24.7 Å². The number of benzene rings is 2. The van der Waals surface area contributed by atoms with Gasteiger partial charge in [-0.1, -0.05) is 32.4 Å². The third kappa shape index (κ3) is 6.65. The van der Waals surface area contributed by atoms with Crippen molar-refractivity contribution in [2.45, 2.75) is 64.5 Å². The average molecular weight is 552 g/mol. The summed E-state index contributed by atoms with van der Waals surface area (Å²) in [6, 6.07) is 11.8. The molecule has 7 nitrogen and oxygen atoms in total. The van der Waals surface area contributed by atoms with Gasteiger partial charge in [-0.25, -0.2) is 8.78 Å². The van der Waals surface area contributed by atoms with E-state index in [1.807, 2.05) is 26.0 Å². The van der Waals surface area contributed by atoms with Crippen LogP contribution in [0.15, 0.2) is 59.4 Å². The van der Waals surface area contributed by atoms with Gasteiger partial charge in [-0.15, -0.1) is 0 Å². The molecule has 0 saturated heterocycles. The first kappa shape index (κ1) is 29.1. The molecule has 3 aromatic rings. The maximum atomic E-state index is 14.2. The molecule has 2 atom stereocenters. The Morgan fingerprint density at radius 3 is 2.38 bits per heavy atom. The summed E-state index contributed by atoms with van der Waals surface area (Å²) in [4.78, 5) is 38.4. The maximum absolute atomic E-state index is 14.2. The Bertz CT molecular complexity index is 1420. The van der Waals surface area contributed by atoms with E-state index in [1.54, 1.807) is 12.1 Å². The van der Waals surface area contributed by atoms with Crippen LogP contribution in [0.4, 0.5) is 14.6 Å². The van der Waals surface area contributed by atoms with Gasteiger partial charge in [0, 0.05) is 12.1 Å². The number of nitrogens with one attached hydrogen (secondary N) is 1. The smallest absolute Gasteiger partial charge is 0.323 e. The highest BCUT2D eigenvalue weighted by Gasteiger charge is 2.28. The van der Waals surface area contributed by atoms with Crippen LogP contribution in [0.5, 0.6) is 0 Å². The Kier molecular flexibility index (Phi) is 9.47. The van der Waals surface area contributed by atoms with Crippen molar-refractivity contribution >= 4 is 17.6 Å². The zero-order valence-electron chi connectivity index (χ0n) is 22.8. The summed E-state index contributed by atoms with van der Waals surface area (Å²) in [6.07, 6.45) is 5.56. The van der Waals surface area contributed by atoms with Crippen molar-refractivity contribution in [1.82, 2.24) is 9.88 Å². The molecule has 0 unspecified atom stereocenters. The van der Waals surface area contributed by atoms with E-state index < -0.39 is 23.0 Å². The number of ketones is 1. The number of esters is 1. The Morgan fingerprint density at radius 1 is 1.05 bits per heavy atom. The van der Waals surface area contributed by atoms with Gasteiger partial charge in [-0.2, -0.15) is 0 Å². The molecule has 1 heterocycles. The fourth-order valence-corrected chi connectivity index (χ4v) is 5.01. The van der Waals surface area contributed by atoms with E-state index in [0.717, 1.165) is 49.8 Å². The van der Waals surface area contributed by atoms with Gasteiger partial charge in [0.25, 0.3) is 5.56 Å². The SMILES string of the molecule is CC[C@H](C)[C@H](NCCc1ccc(-n2c(N)c(C(=O)c3ccc(F)cc3F)ccc2=O)cc1)C(=O)OC1CCCC1. The summed E-state index contributed by atoms with van der Waals surface area (Å²) in [5, 5.41) is 3.36. The monoisotopic (exact) mass is 551 g/mol. The minimum absolute atomic E-state index is 0.0211. The number of anilines is 1. The number of nitrogen functional groups attached to an aromatic ring is 1. The van der Waals surface area contributed by atoms with Crippen LogP contribution in [-0.4, -0.2) is 35.0 Å². The fraction of sp³-hybridized carbons (Fsp3) is 0.387. The number of nitrogens with two attached hydrogens (primary N) is 1. The second kappa shape index (κ2) is 13.0. The highest BCUT2D eigenvalue weighted by Crippen LogP contribution is 2.23. The maximum Gasteiger partial charge on any atom is 0.323 e. The van der Waals surface area contributed by atoms with E-state index in [4.69, 9.17) is 10.5 Å². The van der Waals surface area contributed by atoms with Gasteiger partial charge in [-0.3, -0.25) is 19.0 Å². The van der Waals surface area contributed by atoms with Crippen molar-refractivity contribution in [3.05, 3.63) is 93.3 Å². The standard InChI is InChI=1S/C31H35F2N3O4/c1-3-19(2)28(31(39)40-23-6-4-5-7-23)35-17-16-20-8-11-22(12-9-20)36-27(37)15-14-25(30(36)34)29(38)24-13-10-21(32)18-26(24)33/h8-15,18-19,23,28,35H,3-7,16-17,34H2,1-2H3/t19-,28-/m0/s1. The third-order valence-electron chi connectivity index (χ3n) is 7.57. The molecule has 2 aromatic carbocycles. The number of ether oxygens (including phenoxy) is 1. The van der Waals surface area contributed by atoms with Crippen molar-refractivity contribution in [3.63, 3.8) is 0 Å². The number of halogens is 2. The first-order valence-corrected chi connectivity index (χ1v) is 13.7. The van der Waals surface area contributed by atoms with Crippen LogP contribution >= 0.6 is 0 Å². The molecule has 0 spiro atoms. The fourth-order valence-electron chi connectivity index (χ4n) is 5.01.